The molecule has 0 bridgehead atoms. The molecule has 1 saturated carbocycles. The molecular formula is C20H21N3. The molecule has 0 unspecified atom stereocenters. The van der Waals surface area contributed by atoms with E-state index in [0.29, 0.717) is 0 Å². The Hall–Kier alpha value is -2.42. The second-order valence-corrected chi connectivity index (χ2v) is 6.34. The van der Waals surface area contributed by atoms with Crippen LogP contribution in [-0.4, -0.2) is 14.8 Å². The third kappa shape index (κ3) is 2.79. The van der Waals surface area contributed by atoms with Gasteiger partial charge in [0.1, 0.15) is 12.2 Å². The van der Waals surface area contributed by atoms with Crippen LogP contribution in [0.15, 0.2) is 55.4 Å². The zero-order valence-electron chi connectivity index (χ0n) is 13.3. The van der Waals surface area contributed by atoms with E-state index in [0.717, 1.165) is 31.1 Å². The molecule has 1 fully saturated rings. The first kappa shape index (κ1) is 14.2. The zero-order chi connectivity index (χ0) is 15.6. The van der Waals surface area contributed by atoms with Crippen LogP contribution in [0.2, 0.25) is 0 Å². The van der Waals surface area contributed by atoms with Gasteiger partial charge >= 0.3 is 0 Å². The first-order chi connectivity index (χ1) is 11.4. The van der Waals surface area contributed by atoms with Crippen LogP contribution in [0.5, 0.6) is 0 Å². The maximum absolute atomic E-state index is 4.25. The number of nitrogens with zero attached hydrogens (tertiary/aromatic N) is 3. The molecule has 1 aliphatic rings. The van der Waals surface area contributed by atoms with Crippen molar-refractivity contribution in [1.82, 2.24) is 14.8 Å². The van der Waals surface area contributed by atoms with Crippen LogP contribution in [0.4, 0.5) is 0 Å². The van der Waals surface area contributed by atoms with Gasteiger partial charge in [0.2, 0.25) is 0 Å². The van der Waals surface area contributed by atoms with E-state index in [2.05, 4.69) is 57.7 Å². The SMILES string of the molecule is C=CCCc1nncn1Cc1ccc(C2CC2)c2ccccc12. The lowest BCUT2D eigenvalue weighted by molar-refractivity contribution is 0.720. The lowest BCUT2D eigenvalue weighted by atomic mass is 9.97. The van der Waals surface area contributed by atoms with E-state index in [9.17, 15) is 0 Å². The van der Waals surface area contributed by atoms with Crippen molar-refractivity contribution >= 4 is 10.8 Å². The molecule has 1 aliphatic carbocycles. The van der Waals surface area contributed by atoms with Gasteiger partial charge in [0.25, 0.3) is 0 Å². The Morgan fingerprint density at radius 1 is 1.13 bits per heavy atom. The van der Waals surface area contributed by atoms with Crippen molar-refractivity contribution in [2.45, 2.75) is 38.1 Å². The van der Waals surface area contributed by atoms with Crippen LogP contribution >= 0.6 is 0 Å². The highest BCUT2D eigenvalue weighted by atomic mass is 15.3. The van der Waals surface area contributed by atoms with Crippen LogP contribution < -0.4 is 0 Å². The van der Waals surface area contributed by atoms with E-state index < -0.39 is 0 Å². The summed E-state index contributed by atoms with van der Waals surface area (Å²) in [6.07, 6.45) is 8.25. The molecule has 0 radical (unpaired) electrons. The van der Waals surface area contributed by atoms with Crippen molar-refractivity contribution in [3.8, 4) is 0 Å². The maximum Gasteiger partial charge on any atom is 0.133 e. The molecule has 0 amide bonds. The standard InChI is InChI=1S/C20H21N3/c1-2-3-8-20-22-21-14-23(20)13-16-11-12-18(15-9-10-15)19-7-5-4-6-17(16)19/h2,4-7,11-12,14-15H,1,3,8-10,13H2. The second-order valence-electron chi connectivity index (χ2n) is 6.34. The second kappa shape index (κ2) is 5.99. The lowest BCUT2D eigenvalue weighted by Gasteiger charge is -2.12. The summed E-state index contributed by atoms with van der Waals surface area (Å²) < 4.78 is 2.15. The summed E-state index contributed by atoms with van der Waals surface area (Å²) in [4.78, 5) is 0. The number of benzene rings is 2. The van der Waals surface area contributed by atoms with E-state index in [1.165, 1.54) is 34.7 Å². The van der Waals surface area contributed by atoms with Gasteiger partial charge in [-0.25, -0.2) is 0 Å². The smallest absolute Gasteiger partial charge is 0.133 e. The molecule has 3 heteroatoms. The summed E-state index contributed by atoms with van der Waals surface area (Å²) in [6, 6.07) is 13.4. The van der Waals surface area contributed by atoms with E-state index in [1.807, 2.05) is 12.4 Å². The summed E-state index contributed by atoms with van der Waals surface area (Å²) in [5.41, 5.74) is 2.85. The number of aryl methyl sites for hydroxylation is 1. The number of hydrogen-bond donors (Lipinski definition) is 0. The van der Waals surface area contributed by atoms with Crippen molar-refractivity contribution in [2.24, 2.45) is 0 Å². The Balaban J connectivity index is 1.71. The Morgan fingerprint density at radius 3 is 2.74 bits per heavy atom. The van der Waals surface area contributed by atoms with Crippen LogP contribution in [0.3, 0.4) is 0 Å². The van der Waals surface area contributed by atoms with Crippen molar-refractivity contribution in [3.63, 3.8) is 0 Å². The average molecular weight is 303 g/mol. The zero-order valence-corrected chi connectivity index (χ0v) is 13.3. The molecule has 0 spiro atoms. The predicted octanol–water partition coefficient (Wildman–Crippen LogP) is 4.48. The van der Waals surface area contributed by atoms with Crippen molar-refractivity contribution in [3.05, 3.63) is 72.3 Å². The molecule has 1 aromatic heterocycles. The van der Waals surface area contributed by atoms with Gasteiger partial charge in [0.15, 0.2) is 0 Å². The lowest BCUT2D eigenvalue weighted by Crippen LogP contribution is -2.05. The Kier molecular flexibility index (Phi) is 3.70. The molecule has 116 valence electrons. The molecule has 3 aromatic rings. The molecule has 3 nitrogen and oxygen atoms in total. The first-order valence-electron chi connectivity index (χ1n) is 8.35. The van der Waals surface area contributed by atoms with Gasteiger partial charge in [-0.15, -0.1) is 16.8 Å². The molecule has 2 aromatic carbocycles. The number of rotatable bonds is 6. The van der Waals surface area contributed by atoms with Gasteiger partial charge in [-0.05, 0) is 47.1 Å². The minimum atomic E-state index is 0.770. The van der Waals surface area contributed by atoms with Crippen LogP contribution in [0, 0.1) is 0 Å². The predicted molar refractivity (Wildman–Crippen MR) is 93.6 cm³/mol. The fourth-order valence-corrected chi connectivity index (χ4v) is 3.29. The van der Waals surface area contributed by atoms with Gasteiger partial charge < -0.3 is 4.57 Å². The van der Waals surface area contributed by atoms with Crippen LogP contribution in [-0.2, 0) is 13.0 Å². The molecule has 0 saturated heterocycles. The minimum Gasteiger partial charge on any atom is -0.313 e. The van der Waals surface area contributed by atoms with Crippen molar-refractivity contribution < 1.29 is 0 Å². The molecule has 23 heavy (non-hydrogen) atoms. The monoisotopic (exact) mass is 303 g/mol. The highest BCUT2D eigenvalue weighted by molar-refractivity contribution is 5.89. The quantitative estimate of drug-likeness (QED) is 0.629. The van der Waals surface area contributed by atoms with E-state index >= 15 is 0 Å². The molecule has 0 aliphatic heterocycles. The fraction of sp³-hybridized carbons (Fsp3) is 0.300. The maximum atomic E-state index is 4.25. The number of allylic oxidation sites excluding steroid dienone is 1. The summed E-state index contributed by atoms with van der Waals surface area (Å²) in [7, 11) is 0. The van der Waals surface area contributed by atoms with E-state index in [-0.39, 0.29) is 0 Å². The largest absolute Gasteiger partial charge is 0.313 e. The van der Waals surface area contributed by atoms with Gasteiger partial charge in [-0.1, -0.05) is 42.5 Å². The summed E-state index contributed by atoms with van der Waals surface area (Å²) >= 11 is 0. The molecule has 0 atom stereocenters. The van der Waals surface area contributed by atoms with Gasteiger partial charge in [0.05, 0.1) is 6.54 Å². The van der Waals surface area contributed by atoms with Gasteiger partial charge in [-0.3, -0.25) is 0 Å². The Morgan fingerprint density at radius 2 is 1.96 bits per heavy atom. The highest BCUT2D eigenvalue weighted by Gasteiger charge is 2.25. The third-order valence-electron chi connectivity index (χ3n) is 4.67. The van der Waals surface area contributed by atoms with E-state index in [4.69, 9.17) is 0 Å². The van der Waals surface area contributed by atoms with Crippen LogP contribution in [0.25, 0.3) is 10.8 Å². The third-order valence-corrected chi connectivity index (χ3v) is 4.67. The fourth-order valence-electron chi connectivity index (χ4n) is 3.29. The van der Waals surface area contributed by atoms with Gasteiger partial charge in [-0.2, -0.15) is 0 Å². The molecule has 1 heterocycles. The number of aromatic nitrogens is 3. The van der Waals surface area contributed by atoms with E-state index in [1.54, 1.807) is 0 Å². The molecule has 0 N–H and O–H groups in total. The first-order valence-corrected chi connectivity index (χ1v) is 8.35. The molecular weight excluding hydrogens is 282 g/mol. The van der Waals surface area contributed by atoms with Crippen molar-refractivity contribution in [1.29, 1.82) is 0 Å². The number of hydrogen-bond acceptors (Lipinski definition) is 2. The minimum absolute atomic E-state index is 0.770. The number of fused-ring (bicyclic) bond motifs is 1. The molecule has 4 rings (SSSR count). The van der Waals surface area contributed by atoms with Crippen molar-refractivity contribution in [2.75, 3.05) is 0 Å². The topological polar surface area (TPSA) is 30.7 Å². The highest BCUT2D eigenvalue weighted by Crippen LogP contribution is 2.43. The summed E-state index contributed by atoms with van der Waals surface area (Å²) in [5, 5.41) is 11.1. The normalized spacial score (nSPS) is 14.3. The Bertz CT molecular complexity index is 843. The van der Waals surface area contributed by atoms with Crippen LogP contribution in [0.1, 0.15) is 42.1 Å². The average Bonchev–Trinajstić information content (AvgIpc) is 3.34. The summed E-state index contributed by atoms with van der Waals surface area (Å²) in [5.74, 6) is 1.80. The Labute approximate surface area is 136 Å². The summed E-state index contributed by atoms with van der Waals surface area (Å²) in [6.45, 7) is 4.61. The van der Waals surface area contributed by atoms with Gasteiger partial charge in [0, 0.05) is 6.42 Å².